The summed E-state index contributed by atoms with van der Waals surface area (Å²) in [5.41, 5.74) is 0.757. The molecule has 3 aromatic rings. The number of carboxylic acids is 1. The number of hydrogen-bond donors (Lipinski definition) is 3. The van der Waals surface area contributed by atoms with Crippen molar-refractivity contribution in [1.29, 1.82) is 0 Å². The summed E-state index contributed by atoms with van der Waals surface area (Å²) in [5, 5.41) is 14.8. The third-order valence-corrected chi connectivity index (χ3v) is 4.46. The van der Waals surface area contributed by atoms with Gasteiger partial charge in [0, 0.05) is 5.69 Å². The third-order valence-electron chi connectivity index (χ3n) is 4.46. The number of para-hydroxylation sites is 2. The Morgan fingerprint density at radius 2 is 1.23 bits per heavy atom. The lowest BCUT2D eigenvalue weighted by Gasteiger charge is -2.14. The normalized spacial score (nSPS) is 10.1. The van der Waals surface area contributed by atoms with Crippen molar-refractivity contribution in [3.8, 4) is 11.5 Å². The van der Waals surface area contributed by atoms with Crippen LogP contribution in [0.25, 0.3) is 0 Å². The Kier molecular flexibility index (Phi) is 6.51. The lowest BCUT2D eigenvalue weighted by atomic mass is 10.1. The molecule has 0 radical (unpaired) electrons. The Bertz CT molecular complexity index is 1140. The molecular weight excluding hydrogens is 400 g/mol. The maximum Gasteiger partial charge on any atom is 0.337 e. The van der Waals surface area contributed by atoms with Crippen LogP contribution in [0, 0.1) is 0 Å². The summed E-state index contributed by atoms with van der Waals surface area (Å²) in [6, 6.07) is 17.4. The number of ether oxygens (including phenoxy) is 2. The number of carbonyl (C=O) groups is 3. The molecule has 0 aliphatic carbocycles. The van der Waals surface area contributed by atoms with E-state index in [1.807, 2.05) is 0 Å². The number of carboxylic acid groups (broad SMARTS) is 1. The lowest BCUT2D eigenvalue weighted by Crippen LogP contribution is -2.17. The van der Waals surface area contributed by atoms with E-state index in [0.29, 0.717) is 22.7 Å². The zero-order valence-corrected chi connectivity index (χ0v) is 16.8. The van der Waals surface area contributed by atoms with Gasteiger partial charge in [0.1, 0.15) is 11.5 Å². The summed E-state index contributed by atoms with van der Waals surface area (Å²) in [6.45, 7) is 0. The molecule has 8 nitrogen and oxygen atoms in total. The first-order chi connectivity index (χ1) is 14.9. The highest BCUT2D eigenvalue weighted by Gasteiger charge is 2.18. The van der Waals surface area contributed by atoms with Gasteiger partial charge < -0.3 is 25.2 Å². The van der Waals surface area contributed by atoms with Gasteiger partial charge in [0.15, 0.2) is 0 Å². The zero-order chi connectivity index (χ0) is 22.4. The topological polar surface area (TPSA) is 114 Å². The van der Waals surface area contributed by atoms with Gasteiger partial charge in [-0.1, -0.05) is 24.3 Å². The molecule has 0 aliphatic rings. The van der Waals surface area contributed by atoms with Crippen molar-refractivity contribution in [1.82, 2.24) is 0 Å². The molecule has 0 unspecified atom stereocenters. The standard InChI is InChI=1S/C23H20N2O6/c1-30-19-9-5-3-7-16(19)21(26)24-14-11-12-15(23(28)29)18(13-14)25-22(27)17-8-4-6-10-20(17)31-2/h3-13H,1-2H3,(H,24,26)(H,25,27)(H,28,29). The molecule has 3 N–H and O–H groups in total. The van der Waals surface area contributed by atoms with E-state index in [9.17, 15) is 19.5 Å². The second-order valence-electron chi connectivity index (χ2n) is 6.37. The molecule has 0 atom stereocenters. The molecule has 0 saturated heterocycles. The molecule has 3 aromatic carbocycles. The van der Waals surface area contributed by atoms with Crippen LogP contribution in [0.1, 0.15) is 31.1 Å². The van der Waals surface area contributed by atoms with Crippen LogP contribution in [0.3, 0.4) is 0 Å². The Balaban J connectivity index is 1.90. The highest BCUT2D eigenvalue weighted by molar-refractivity contribution is 6.10. The van der Waals surface area contributed by atoms with E-state index < -0.39 is 17.8 Å². The van der Waals surface area contributed by atoms with Gasteiger partial charge in [-0.2, -0.15) is 0 Å². The maximum absolute atomic E-state index is 12.7. The summed E-state index contributed by atoms with van der Waals surface area (Å²) in [4.78, 5) is 37.0. The summed E-state index contributed by atoms with van der Waals surface area (Å²) in [7, 11) is 2.89. The van der Waals surface area contributed by atoms with Crippen LogP contribution in [0.5, 0.6) is 11.5 Å². The van der Waals surface area contributed by atoms with Gasteiger partial charge in [-0.05, 0) is 42.5 Å². The first-order valence-electron chi connectivity index (χ1n) is 9.20. The van der Waals surface area contributed by atoms with Crippen LogP contribution in [0.4, 0.5) is 11.4 Å². The van der Waals surface area contributed by atoms with Crippen LogP contribution in [-0.4, -0.2) is 37.1 Å². The van der Waals surface area contributed by atoms with E-state index in [0.717, 1.165) is 0 Å². The number of rotatable bonds is 7. The Labute approximate surface area is 178 Å². The molecule has 0 heterocycles. The quantitative estimate of drug-likeness (QED) is 0.534. The minimum Gasteiger partial charge on any atom is -0.496 e. The van der Waals surface area contributed by atoms with Gasteiger partial charge in [-0.15, -0.1) is 0 Å². The van der Waals surface area contributed by atoms with Crippen molar-refractivity contribution in [3.63, 3.8) is 0 Å². The van der Waals surface area contributed by atoms with Crippen LogP contribution in [0.2, 0.25) is 0 Å². The Hall–Kier alpha value is -4.33. The van der Waals surface area contributed by atoms with Crippen molar-refractivity contribution in [2.24, 2.45) is 0 Å². The largest absolute Gasteiger partial charge is 0.496 e. The third kappa shape index (κ3) is 4.81. The minimum absolute atomic E-state index is 0.0289. The number of nitrogens with one attached hydrogen (secondary N) is 2. The van der Waals surface area contributed by atoms with Crippen molar-refractivity contribution < 1.29 is 29.0 Å². The predicted molar refractivity (Wildman–Crippen MR) is 115 cm³/mol. The minimum atomic E-state index is -1.22. The van der Waals surface area contributed by atoms with E-state index in [-0.39, 0.29) is 16.8 Å². The fourth-order valence-corrected chi connectivity index (χ4v) is 2.96. The second-order valence-corrected chi connectivity index (χ2v) is 6.37. The molecule has 0 saturated carbocycles. The van der Waals surface area contributed by atoms with E-state index in [1.54, 1.807) is 48.5 Å². The smallest absolute Gasteiger partial charge is 0.337 e. The lowest BCUT2D eigenvalue weighted by molar-refractivity contribution is 0.0698. The van der Waals surface area contributed by atoms with E-state index >= 15 is 0 Å². The zero-order valence-electron chi connectivity index (χ0n) is 16.8. The molecule has 158 valence electrons. The Morgan fingerprint density at radius 3 is 1.74 bits per heavy atom. The summed E-state index contributed by atoms with van der Waals surface area (Å²) in [6.07, 6.45) is 0. The Morgan fingerprint density at radius 1 is 0.710 bits per heavy atom. The average Bonchev–Trinajstić information content (AvgIpc) is 2.78. The van der Waals surface area contributed by atoms with Crippen molar-refractivity contribution in [2.45, 2.75) is 0 Å². The first-order valence-corrected chi connectivity index (χ1v) is 9.20. The maximum atomic E-state index is 12.7. The highest BCUT2D eigenvalue weighted by atomic mass is 16.5. The van der Waals surface area contributed by atoms with Gasteiger partial charge in [0.05, 0.1) is 36.6 Å². The fourth-order valence-electron chi connectivity index (χ4n) is 2.96. The number of carbonyl (C=O) groups excluding carboxylic acids is 2. The van der Waals surface area contributed by atoms with Crippen molar-refractivity contribution in [2.75, 3.05) is 24.9 Å². The molecular formula is C23H20N2O6. The van der Waals surface area contributed by atoms with Crippen LogP contribution < -0.4 is 20.1 Å². The molecule has 0 fully saturated rings. The molecule has 0 spiro atoms. The number of methoxy groups -OCH3 is 2. The molecule has 0 aromatic heterocycles. The fraction of sp³-hybridized carbons (Fsp3) is 0.0870. The van der Waals surface area contributed by atoms with Gasteiger partial charge in [-0.3, -0.25) is 9.59 Å². The van der Waals surface area contributed by atoms with E-state index in [4.69, 9.17) is 9.47 Å². The van der Waals surface area contributed by atoms with Crippen molar-refractivity contribution >= 4 is 29.2 Å². The van der Waals surface area contributed by atoms with Gasteiger partial charge in [0.2, 0.25) is 0 Å². The van der Waals surface area contributed by atoms with Gasteiger partial charge in [0.25, 0.3) is 11.8 Å². The number of anilines is 2. The van der Waals surface area contributed by atoms with Crippen LogP contribution in [0.15, 0.2) is 66.7 Å². The predicted octanol–water partition coefficient (Wildman–Crippen LogP) is 3.91. The van der Waals surface area contributed by atoms with E-state index in [2.05, 4.69) is 10.6 Å². The molecule has 8 heteroatoms. The molecule has 31 heavy (non-hydrogen) atoms. The summed E-state index contributed by atoms with van der Waals surface area (Å²) < 4.78 is 10.4. The van der Waals surface area contributed by atoms with Crippen LogP contribution >= 0.6 is 0 Å². The molecule has 2 amide bonds. The van der Waals surface area contributed by atoms with Gasteiger partial charge in [-0.25, -0.2) is 4.79 Å². The molecule has 3 rings (SSSR count). The monoisotopic (exact) mass is 420 g/mol. The van der Waals surface area contributed by atoms with Crippen LogP contribution in [-0.2, 0) is 0 Å². The summed E-state index contributed by atoms with van der Waals surface area (Å²) >= 11 is 0. The average molecular weight is 420 g/mol. The highest BCUT2D eigenvalue weighted by Crippen LogP contribution is 2.26. The molecule has 0 bridgehead atoms. The first kappa shape index (κ1) is 21.4. The van der Waals surface area contributed by atoms with Gasteiger partial charge >= 0.3 is 5.97 Å². The number of benzene rings is 3. The second kappa shape index (κ2) is 9.45. The SMILES string of the molecule is COc1ccccc1C(=O)Nc1ccc(C(=O)O)c(NC(=O)c2ccccc2OC)c1. The number of hydrogen-bond acceptors (Lipinski definition) is 5. The number of aromatic carboxylic acids is 1. The molecule has 0 aliphatic heterocycles. The van der Waals surface area contributed by atoms with Crippen molar-refractivity contribution in [3.05, 3.63) is 83.4 Å². The number of amides is 2. The van der Waals surface area contributed by atoms with E-state index in [1.165, 1.54) is 32.4 Å². The summed E-state index contributed by atoms with van der Waals surface area (Å²) in [5.74, 6) is -1.47.